The van der Waals surface area contributed by atoms with Gasteiger partial charge in [-0.1, -0.05) is 24.3 Å². The quantitative estimate of drug-likeness (QED) is 0.504. The van der Waals surface area contributed by atoms with Crippen molar-refractivity contribution >= 4 is 29.3 Å². The number of benzene rings is 2. The predicted molar refractivity (Wildman–Crippen MR) is 124 cm³/mol. The lowest BCUT2D eigenvalue weighted by molar-refractivity contribution is -0.116. The summed E-state index contributed by atoms with van der Waals surface area (Å²) in [5.74, 6) is 0.263. The number of alkyl carbamates (subject to hydrolysis) is 1. The van der Waals surface area contributed by atoms with Crippen molar-refractivity contribution in [2.45, 2.75) is 46.1 Å². The van der Waals surface area contributed by atoms with Crippen LogP contribution < -0.4 is 20.7 Å². The van der Waals surface area contributed by atoms with E-state index in [9.17, 15) is 14.4 Å². The van der Waals surface area contributed by atoms with E-state index in [1.165, 1.54) is 0 Å². The molecule has 8 nitrogen and oxygen atoms in total. The summed E-state index contributed by atoms with van der Waals surface area (Å²) in [6.07, 6.45) is 0.218. The molecule has 0 unspecified atom stereocenters. The molecule has 0 aliphatic heterocycles. The summed E-state index contributed by atoms with van der Waals surface area (Å²) < 4.78 is 10.8. The largest absolute Gasteiger partial charge is 0.493 e. The summed E-state index contributed by atoms with van der Waals surface area (Å²) in [4.78, 5) is 35.9. The second-order valence-electron chi connectivity index (χ2n) is 8.25. The van der Waals surface area contributed by atoms with Gasteiger partial charge < -0.3 is 25.4 Å². The Morgan fingerprint density at radius 3 is 2.22 bits per heavy atom. The molecule has 172 valence electrons. The van der Waals surface area contributed by atoms with E-state index in [1.807, 2.05) is 31.2 Å². The molecule has 3 N–H and O–H groups in total. The molecule has 32 heavy (non-hydrogen) atoms. The highest BCUT2D eigenvalue weighted by Gasteiger charge is 2.16. The van der Waals surface area contributed by atoms with Gasteiger partial charge in [-0.25, -0.2) is 4.79 Å². The van der Waals surface area contributed by atoms with Crippen LogP contribution in [0.4, 0.5) is 16.2 Å². The number of rotatable bonds is 9. The fourth-order valence-corrected chi connectivity index (χ4v) is 2.70. The number of hydrogen-bond donors (Lipinski definition) is 3. The number of anilines is 2. The molecule has 2 aromatic carbocycles. The van der Waals surface area contributed by atoms with Crippen molar-refractivity contribution in [3.8, 4) is 5.75 Å². The van der Waals surface area contributed by atoms with E-state index in [0.717, 1.165) is 11.3 Å². The summed E-state index contributed by atoms with van der Waals surface area (Å²) in [7, 11) is 0. The third-order valence-electron chi connectivity index (χ3n) is 4.12. The lowest BCUT2D eigenvalue weighted by Crippen LogP contribution is -2.37. The topological polar surface area (TPSA) is 106 Å². The average molecular weight is 442 g/mol. The van der Waals surface area contributed by atoms with Crippen molar-refractivity contribution in [3.05, 3.63) is 54.1 Å². The molecule has 0 saturated heterocycles. The van der Waals surface area contributed by atoms with Crippen LogP contribution in [0.15, 0.2) is 48.5 Å². The van der Waals surface area contributed by atoms with Gasteiger partial charge in [0.05, 0.1) is 6.61 Å². The average Bonchev–Trinajstić information content (AvgIpc) is 2.70. The van der Waals surface area contributed by atoms with Crippen LogP contribution in [0.1, 0.15) is 39.2 Å². The molecular formula is C24H31N3O5. The Morgan fingerprint density at radius 2 is 1.56 bits per heavy atom. The lowest BCUT2D eigenvalue weighted by atomic mass is 10.2. The number of para-hydroxylation sites is 1. The fraction of sp³-hybridized carbons (Fsp3) is 0.375. The SMILES string of the molecule is Cc1ccccc1OCCCC(=O)Nc1cccc(NC(=O)CNC(=O)OC(C)(C)C)c1. The Hall–Kier alpha value is -3.55. The summed E-state index contributed by atoms with van der Waals surface area (Å²) in [5.41, 5.74) is 1.48. The maximum atomic E-state index is 12.2. The van der Waals surface area contributed by atoms with Crippen LogP contribution >= 0.6 is 0 Å². The number of nitrogens with one attached hydrogen (secondary N) is 3. The van der Waals surface area contributed by atoms with Crippen molar-refractivity contribution in [2.75, 3.05) is 23.8 Å². The van der Waals surface area contributed by atoms with Gasteiger partial charge in [-0.05, 0) is 63.9 Å². The van der Waals surface area contributed by atoms with Crippen LogP contribution in [-0.4, -0.2) is 36.7 Å². The Morgan fingerprint density at radius 1 is 0.906 bits per heavy atom. The molecule has 0 aliphatic rings. The van der Waals surface area contributed by atoms with Crippen LogP contribution in [0, 0.1) is 6.92 Å². The van der Waals surface area contributed by atoms with E-state index < -0.39 is 17.6 Å². The second-order valence-corrected chi connectivity index (χ2v) is 8.25. The van der Waals surface area contributed by atoms with Crippen LogP contribution in [0.25, 0.3) is 0 Å². The minimum absolute atomic E-state index is 0.145. The summed E-state index contributed by atoms with van der Waals surface area (Å²) >= 11 is 0. The minimum atomic E-state index is -0.667. The first kappa shape index (κ1) is 24.7. The number of amides is 3. The van der Waals surface area contributed by atoms with Gasteiger partial charge in [-0.2, -0.15) is 0 Å². The maximum absolute atomic E-state index is 12.2. The molecule has 0 spiro atoms. The normalized spacial score (nSPS) is 10.8. The number of ether oxygens (including phenoxy) is 2. The van der Waals surface area contributed by atoms with Crippen LogP contribution in [0.2, 0.25) is 0 Å². The number of hydrogen-bond acceptors (Lipinski definition) is 5. The summed E-state index contributed by atoms with van der Waals surface area (Å²) in [6.45, 7) is 7.41. The fourth-order valence-electron chi connectivity index (χ4n) is 2.70. The first-order valence-electron chi connectivity index (χ1n) is 10.5. The predicted octanol–water partition coefficient (Wildman–Crippen LogP) is 4.26. The van der Waals surface area contributed by atoms with E-state index in [0.29, 0.717) is 30.8 Å². The van der Waals surface area contributed by atoms with Gasteiger partial charge in [-0.15, -0.1) is 0 Å². The van der Waals surface area contributed by atoms with E-state index in [2.05, 4.69) is 16.0 Å². The molecule has 8 heteroatoms. The molecule has 2 aromatic rings. The third-order valence-corrected chi connectivity index (χ3v) is 4.12. The molecule has 0 radical (unpaired) electrons. The van der Waals surface area contributed by atoms with Crippen molar-refractivity contribution in [1.82, 2.24) is 5.32 Å². The van der Waals surface area contributed by atoms with Crippen molar-refractivity contribution in [3.63, 3.8) is 0 Å². The van der Waals surface area contributed by atoms with Gasteiger partial charge in [-0.3, -0.25) is 9.59 Å². The number of aryl methyl sites for hydroxylation is 1. The first-order chi connectivity index (χ1) is 15.1. The Labute approximate surface area is 188 Å². The minimum Gasteiger partial charge on any atom is -0.493 e. The Balaban J connectivity index is 1.73. The molecule has 3 amide bonds. The van der Waals surface area contributed by atoms with E-state index in [1.54, 1.807) is 45.0 Å². The molecule has 0 saturated carbocycles. The molecule has 0 bridgehead atoms. The molecule has 0 aromatic heterocycles. The van der Waals surface area contributed by atoms with Gasteiger partial charge >= 0.3 is 6.09 Å². The number of carbonyl (C=O) groups is 3. The standard InChI is InChI=1S/C24H31N3O5/c1-17-9-5-6-12-20(17)31-14-8-13-21(28)26-18-10-7-11-19(15-18)27-22(29)16-25-23(30)32-24(2,3)4/h5-7,9-12,15H,8,13-14,16H2,1-4H3,(H,25,30)(H,26,28)(H,27,29). The second kappa shape index (κ2) is 11.7. The number of carbonyl (C=O) groups excluding carboxylic acids is 3. The summed E-state index contributed by atoms with van der Waals surface area (Å²) in [5, 5.41) is 7.87. The Kier molecular flexibility index (Phi) is 9.07. The van der Waals surface area contributed by atoms with Gasteiger partial charge in [0, 0.05) is 17.8 Å². The zero-order chi connectivity index (χ0) is 23.6. The van der Waals surface area contributed by atoms with E-state index in [4.69, 9.17) is 9.47 Å². The van der Waals surface area contributed by atoms with E-state index in [-0.39, 0.29) is 12.5 Å². The van der Waals surface area contributed by atoms with Crippen molar-refractivity contribution < 1.29 is 23.9 Å². The van der Waals surface area contributed by atoms with Gasteiger partial charge in [0.1, 0.15) is 17.9 Å². The summed E-state index contributed by atoms with van der Waals surface area (Å²) in [6, 6.07) is 14.5. The van der Waals surface area contributed by atoms with Crippen LogP contribution in [0.5, 0.6) is 5.75 Å². The molecule has 0 fully saturated rings. The monoisotopic (exact) mass is 441 g/mol. The first-order valence-corrected chi connectivity index (χ1v) is 10.5. The molecule has 2 rings (SSSR count). The van der Waals surface area contributed by atoms with Gasteiger partial charge in [0.25, 0.3) is 0 Å². The molecule has 0 heterocycles. The highest BCUT2D eigenvalue weighted by atomic mass is 16.6. The van der Waals surface area contributed by atoms with Crippen LogP contribution in [0.3, 0.4) is 0 Å². The van der Waals surface area contributed by atoms with Crippen molar-refractivity contribution in [2.24, 2.45) is 0 Å². The molecule has 0 atom stereocenters. The highest BCUT2D eigenvalue weighted by molar-refractivity contribution is 5.95. The highest BCUT2D eigenvalue weighted by Crippen LogP contribution is 2.17. The lowest BCUT2D eigenvalue weighted by Gasteiger charge is -2.19. The Bertz CT molecular complexity index is 937. The zero-order valence-electron chi connectivity index (χ0n) is 19.0. The van der Waals surface area contributed by atoms with Gasteiger partial charge in [0.2, 0.25) is 11.8 Å². The van der Waals surface area contributed by atoms with Gasteiger partial charge in [0.15, 0.2) is 0 Å². The van der Waals surface area contributed by atoms with Crippen LogP contribution in [-0.2, 0) is 14.3 Å². The van der Waals surface area contributed by atoms with E-state index >= 15 is 0 Å². The zero-order valence-corrected chi connectivity index (χ0v) is 19.0. The smallest absolute Gasteiger partial charge is 0.408 e. The molecular weight excluding hydrogens is 410 g/mol. The molecule has 0 aliphatic carbocycles. The maximum Gasteiger partial charge on any atom is 0.408 e. The third kappa shape index (κ3) is 9.51. The van der Waals surface area contributed by atoms with Crippen molar-refractivity contribution in [1.29, 1.82) is 0 Å².